The Kier molecular flexibility index (Phi) is 4.58. The standard InChI is InChI=1S/C8H16F2/c1-4-6(2)5-8(10)7(3)9/h6-8H,4-5H2,1-3H3. The van der Waals surface area contributed by atoms with Crippen LogP contribution in [0.3, 0.4) is 0 Å². The molecule has 0 aliphatic carbocycles. The molecule has 10 heavy (non-hydrogen) atoms. The van der Waals surface area contributed by atoms with Gasteiger partial charge < -0.3 is 0 Å². The second-order valence-corrected chi connectivity index (χ2v) is 2.94. The molecule has 0 aliphatic heterocycles. The van der Waals surface area contributed by atoms with Crippen molar-refractivity contribution in [2.75, 3.05) is 0 Å². The maximum absolute atomic E-state index is 12.6. The summed E-state index contributed by atoms with van der Waals surface area (Å²) in [6.45, 7) is 5.20. The molecule has 0 saturated heterocycles. The highest BCUT2D eigenvalue weighted by atomic mass is 19.2. The zero-order chi connectivity index (χ0) is 8.15. The Labute approximate surface area is 61.6 Å². The van der Waals surface area contributed by atoms with E-state index in [0.29, 0.717) is 12.3 Å². The number of rotatable bonds is 4. The topological polar surface area (TPSA) is 0 Å². The van der Waals surface area contributed by atoms with Crippen LogP contribution in [0.5, 0.6) is 0 Å². The number of alkyl halides is 2. The highest BCUT2D eigenvalue weighted by Crippen LogP contribution is 2.16. The van der Waals surface area contributed by atoms with Crippen LogP contribution in [0.4, 0.5) is 8.78 Å². The van der Waals surface area contributed by atoms with Gasteiger partial charge in [0.2, 0.25) is 0 Å². The first kappa shape index (κ1) is 9.86. The van der Waals surface area contributed by atoms with Crippen LogP contribution in [-0.4, -0.2) is 12.3 Å². The summed E-state index contributed by atoms with van der Waals surface area (Å²) in [6, 6.07) is 0. The summed E-state index contributed by atoms with van der Waals surface area (Å²) in [6.07, 6.45) is -1.30. The van der Waals surface area contributed by atoms with Gasteiger partial charge in [0.15, 0.2) is 0 Å². The number of hydrogen-bond acceptors (Lipinski definition) is 0. The molecule has 0 radical (unpaired) electrons. The Morgan fingerprint density at radius 2 is 1.70 bits per heavy atom. The van der Waals surface area contributed by atoms with E-state index in [4.69, 9.17) is 0 Å². The van der Waals surface area contributed by atoms with Crippen molar-refractivity contribution < 1.29 is 8.78 Å². The average Bonchev–Trinajstić information content (AvgIpc) is 1.87. The third-order valence-electron chi connectivity index (χ3n) is 1.82. The van der Waals surface area contributed by atoms with Gasteiger partial charge in [0.1, 0.15) is 12.3 Å². The fraction of sp³-hybridized carbons (Fsp3) is 1.00. The molecule has 0 nitrogen and oxygen atoms in total. The Morgan fingerprint density at radius 1 is 1.20 bits per heavy atom. The molecule has 0 bridgehead atoms. The van der Waals surface area contributed by atoms with Crippen molar-refractivity contribution in [1.29, 1.82) is 0 Å². The van der Waals surface area contributed by atoms with Crippen LogP contribution >= 0.6 is 0 Å². The second kappa shape index (κ2) is 4.64. The quantitative estimate of drug-likeness (QED) is 0.577. The van der Waals surface area contributed by atoms with Gasteiger partial charge >= 0.3 is 0 Å². The summed E-state index contributed by atoms with van der Waals surface area (Å²) in [5.41, 5.74) is 0. The molecule has 62 valence electrons. The minimum absolute atomic E-state index is 0.299. The van der Waals surface area contributed by atoms with Gasteiger partial charge in [-0.3, -0.25) is 0 Å². The first-order valence-electron chi connectivity index (χ1n) is 3.86. The predicted octanol–water partition coefficient (Wildman–Crippen LogP) is 3.12. The van der Waals surface area contributed by atoms with Crippen LogP contribution in [0.15, 0.2) is 0 Å². The van der Waals surface area contributed by atoms with Gasteiger partial charge in [-0.1, -0.05) is 20.3 Å². The molecule has 0 spiro atoms. The SMILES string of the molecule is CCC(C)CC(F)C(C)F. The first-order valence-corrected chi connectivity index (χ1v) is 3.86. The lowest BCUT2D eigenvalue weighted by molar-refractivity contribution is 0.154. The van der Waals surface area contributed by atoms with E-state index in [1.54, 1.807) is 0 Å². The highest BCUT2D eigenvalue weighted by molar-refractivity contribution is 4.65. The highest BCUT2D eigenvalue weighted by Gasteiger charge is 2.16. The van der Waals surface area contributed by atoms with Gasteiger partial charge in [-0.15, -0.1) is 0 Å². The van der Waals surface area contributed by atoms with Gasteiger partial charge in [0.25, 0.3) is 0 Å². The summed E-state index contributed by atoms with van der Waals surface area (Å²) in [5, 5.41) is 0. The van der Waals surface area contributed by atoms with E-state index in [2.05, 4.69) is 0 Å². The maximum Gasteiger partial charge on any atom is 0.131 e. The summed E-state index contributed by atoms with van der Waals surface area (Å²) in [5.74, 6) is 0.299. The Hall–Kier alpha value is -0.140. The molecule has 0 rings (SSSR count). The van der Waals surface area contributed by atoms with Crippen molar-refractivity contribution in [2.24, 2.45) is 5.92 Å². The molecular weight excluding hydrogens is 134 g/mol. The van der Waals surface area contributed by atoms with Crippen LogP contribution in [-0.2, 0) is 0 Å². The second-order valence-electron chi connectivity index (χ2n) is 2.94. The zero-order valence-electron chi connectivity index (χ0n) is 6.90. The maximum atomic E-state index is 12.6. The molecule has 0 aromatic heterocycles. The molecule has 0 fully saturated rings. The lowest BCUT2D eigenvalue weighted by Crippen LogP contribution is -2.16. The molecule has 0 heterocycles. The Morgan fingerprint density at radius 3 is 2.00 bits per heavy atom. The van der Waals surface area contributed by atoms with Crippen LogP contribution in [0.1, 0.15) is 33.6 Å². The van der Waals surface area contributed by atoms with E-state index in [1.807, 2.05) is 13.8 Å². The monoisotopic (exact) mass is 150 g/mol. The zero-order valence-corrected chi connectivity index (χ0v) is 6.90. The van der Waals surface area contributed by atoms with Crippen molar-refractivity contribution in [3.05, 3.63) is 0 Å². The van der Waals surface area contributed by atoms with Gasteiger partial charge in [0.05, 0.1) is 0 Å². The molecule has 0 saturated carbocycles. The third kappa shape index (κ3) is 3.80. The van der Waals surface area contributed by atoms with Gasteiger partial charge in [-0.25, -0.2) is 8.78 Å². The van der Waals surface area contributed by atoms with Crippen molar-refractivity contribution >= 4 is 0 Å². The fourth-order valence-electron chi connectivity index (χ4n) is 0.739. The molecule has 0 aliphatic rings. The van der Waals surface area contributed by atoms with Crippen molar-refractivity contribution in [2.45, 2.75) is 46.0 Å². The van der Waals surface area contributed by atoms with Crippen LogP contribution < -0.4 is 0 Å². The van der Waals surface area contributed by atoms with Crippen LogP contribution in [0, 0.1) is 5.92 Å². The summed E-state index contributed by atoms with van der Waals surface area (Å²) >= 11 is 0. The molecule has 0 aromatic rings. The third-order valence-corrected chi connectivity index (χ3v) is 1.82. The lowest BCUT2D eigenvalue weighted by atomic mass is 10.0. The van der Waals surface area contributed by atoms with Crippen molar-refractivity contribution in [3.63, 3.8) is 0 Å². The molecule has 2 heteroatoms. The van der Waals surface area contributed by atoms with Crippen LogP contribution in [0.25, 0.3) is 0 Å². The number of halogens is 2. The molecule has 0 N–H and O–H groups in total. The van der Waals surface area contributed by atoms with E-state index in [-0.39, 0.29) is 0 Å². The van der Waals surface area contributed by atoms with E-state index in [0.717, 1.165) is 6.42 Å². The average molecular weight is 150 g/mol. The molecule has 3 unspecified atom stereocenters. The molecule has 0 aromatic carbocycles. The van der Waals surface area contributed by atoms with Gasteiger partial charge in [-0.05, 0) is 19.3 Å². The fourth-order valence-corrected chi connectivity index (χ4v) is 0.739. The van der Waals surface area contributed by atoms with Gasteiger partial charge in [0, 0.05) is 0 Å². The molecular formula is C8H16F2. The largest absolute Gasteiger partial charge is 0.245 e. The van der Waals surface area contributed by atoms with E-state index >= 15 is 0 Å². The number of hydrogen-bond donors (Lipinski definition) is 0. The summed E-state index contributed by atoms with van der Waals surface area (Å²) in [7, 11) is 0. The minimum atomic E-state index is -1.31. The van der Waals surface area contributed by atoms with Crippen molar-refractivity contribution in [1.82, 2.24) is 0 Å². The van der Waals surface area contributed by atoms with Crippen molar-refractivity contribution in [3.8, 4) is 0 Å². The molecule has 3 atom stereocenters. The summed E-state index contributed by atoms with van der Waals surface area (Å²) < 4.78 is 24.8. The smallest absolute Gasteiger partial charge is 0.131 e. The van der Waals surface area contributed by atoms with E-state index < -0.39 is 12.3 Å². The van der Waals surface area contributed by atoms with E-state index in [1.165, 1.54) is 6.92 Å². The van der Waals surface area contributed by atoms with E-state index in [9.17, 15) is 8.78 Å². The molecule has 0 amide bonds. The predicted molar refractivity (Wildman–Crippen MR) is 39.5 cm³/mol. The Bertz CT molecular complexity index is 81.3. The Balaban J connectivity index is 3.46. The summed E-state index contributed by atoms with van der Waals surface area (Å²) in [4.78, 5) is 0. The van der Waals surface area contributed by atoms with Crippen LogP contribution in [0.2, 0.25) is 0 Å². The first-order chi connectivity index (χ1) is 4.57. The van der Waals surface area contributed by atoms with Gasteiger partial charge in [-0.2, -0.15) is 0 Å². The lowest BCUT2D eigenvalue weighted by Gasteiger charge is -2.13. The normalized spacial score (nSPS) is 20.1. The minimum Gasteiger partial charge on any atom is -0.245 e.